The van der Waals surface area contributed by atoms with E-state index in [2.05, 4.69) is 38.8 Å². The quantitative estimate of drug-likeness (QED) is 0.342. The van der Waals surface area contributed by atoms with Crippen molar-refractivity contribution in [2.45, 2.75) is 92.4 Å². The summed E-state index contributed by atoms with van der Waals surface area (Å²) < 4.78 is 0. The van der Waals surface area contributed by atoms with Gasteiger partial charge < -0.3 is 4.90 Å². The number of hydrogen-bond acceptors (Lipinski definition) is 1. The molecule has 1 heterocycles. The second-order valence-corrected chi connectivity index (χ2v) is 8.66. The molecule has 1 spiro atoms. The zero-order valence-electron chi connectivity index (χ0n) is 19.5. The third kappa shape index (κ3) is 10.5. The summed E-state index contributed by atoms with van der Waals surface area (Å²) in [5.41, 5.74) is 0.776. The number of piperidine rings is 1. The van der Waals surface area contributed by atoms with Crippen molar-refractivity contribution in [2.24, 2.45) is 29.1 Å². The Morgan fingerprint density at radius 1 is 0.923 bits per heavy atom. The van der Waals surface area contributed by atoms with Crippen LogP contribution in [-0.4, -0.2) is 11.4 Å². The van der Waals surface area contributed by atoms with Crippen molar-refractivity contribution in [2.75, 3.05) is 6.54 Å². The second kappa shape index (κ2) is 17.8. The molecule has 1 saturated heterocycles. The van der Waals surface area contributed by atoms with Crippen molar-refractivity contribution in [3.8, 4) is 0 Å². The summed E-state index contributed by atoms with van der Waals surface area (Å²) in [6.07, 6.45) is 13.1. The number of hydrogen-bond donors (Lipinski definition) is 0. The second-order valence-electron chi connectivity index (χ2n) is 8.66. The van der Waals surface area contributed by atoms with Crippen LogP contribution in [0.1, 0.15) is 92.4 Å². The minimum Gasteiger partial charge on any atom is -0.605 e. The van der Waals surface area contributed by atoms with Crippen LogP contribution in [0.5, 0.6) is 0 Å². The minimum absolute atomic E-state index is 0. The molecule has 4 heteroatoms. The van der Waals surface area contributed by atoms with Gasteiger partial charge in [-0.15, -0.1) is 0 Å². The molecule has 0 radical (unpaired) electrons. The molecule has 0 amide bonds. The van der Waals surface area contributed by atoms with Crippen LogP contribution in [0.2, 0.25) is 0 Å². The first kappa shape index (κ1) is 33.5. The molecule has 0 aromatic carbocycles. The van der Waals surface area contributed by atoms with Crippen LogP contribution in [0.25, 0.3) is 0 Å². The number of nitrogens with zero attached hydrogens (tertiary/aromatic N) is 1. The average Bonchev–Trinajstić information content (AvgIpc) is 2.56. The number of likely N-dealkylation sites (tertiary alicyclic amines) is 1. The number of rotatable bonds is 4. The van der Waals surface area contributed by atoms with Gasteiger partial charge in [0.05, 0.1) is 0 Å². The van der Waals surface area contributed by atoms with Gasteiger partial charge in [0.2, 0.25) is 0 Å². The van der Waals surface area contributed by atoms with Gasteiger partial charge in [-0.25, -0.2) is 0 Å². The zero-order valence-corrected chi connectivity index (χ0v) is 34.2. The van der Waals surface area contributed by atoms with Gasteiger partial charge in [0, 0.05) is 0 Å². The standard InChI is InChI=1S/C20H35N.C2H6.3Rb/c1-4-17-7-11-21(12-8-17)15-18-13-20(14-18)9-5-19(6-10-20)16(2)3;1-2;;;/h11-12,16-19H,4-10,13-15H2,1-3H3;1-2H3;;;/q-2;;3*+1. The summed E-state index contributed by atoms with van der Waals surface area (Å²) in [5.74, 6) is 3.82. The monoisotopic (exact) mass is 574 g/mol. The molecule has 2 saturated carbocycles. The molecule has 2 aliphatic carbocycles. The average molecular weight is 576 g/mol. The third-order valence-corrected chi connectivity index (χ3v) is 6.87. The molecule has 0 N–H and O–H groups in total. The van der Waals surface area contributed by atoms with E-state index in [9.17, 15) is 0 Å². The molecule has 3 fully saturated rings. The summed E-state index contributed by atoms with van der Waals surface area (Å²) in [6, 6.07) is 0. The van der Waals surface area contributed by atoms with Crippen molar-refractivity contribution in [3.63, 3.8) is 0 Å². The maximum atomic E-state index is 2.53. The summed E-state index contributed by atoms with van der Waals surface area (Å²) in [7, 11) is 0. The molecule has 26 heavy (non-hydrogen) atoms. The summed E-state index contributed by atoms with van der Waals surface area (Å²) in [5, 5.41) is 0. The van der Waals surface area contributed by atoms with Gasteiger partial charge in [-0.3, -0.25) is 13.1 Å². The van der Waals surface area contributed by atoms with Gasteiger partial charge >= 0.3 is 175 Å². The fourth-order valence-electron chi connectivity index (χ4n) is 5.14. The minimum atomic E-state index is 0. The Bertz CT molecular complexity index is 324. The van der Waals surface area contributed by atoms with E-state index in [1.54, 1.807) is 0 Å². The fraction of sp³-hybridized carbons (Fsp3) is 0.909. The predicted octanol–water partition coefficient (Wildman–Crippen LogP) is -2.29. The molecule has 1 aliphatic heterocycles. The Morgan fingerprint density at radius 3 is 1.85 bits per heavy atom. The Kier molecular flexibility index (Phi) is 23.0. The Balaban J connectivity index is 0. The smallest absolute Gasteiger partial charge is 0.605 e. The Labute approximate surface area is 312 Å². The maximum Gasteiger partial charge on any atom is 1.00 e. The van der Waals surface area contributed by atoms with Crippen LogP contribution in [0.4, 0.5) is 0 Å². The molecular formula is C22H41NRb3+. The first-order valence-electron chi connectivity index (χ1n) is 10.5. The van der Waals surface area contributed by atoms with E-state index in [1.165, 1.54) is 64.3 Å². The molecule has 0 bridgehead atoms. The first-order valence-corrected chi connectivity index (χ1v) is 10.5. The van der Waals surface area contributed by atoms with Gasteiger partial charge in [-0.1, -0.05) is 53.5 Å². The van der Waals surface area contributed by atoms with Gasteiger partial charge in [0.25, 0.3) is 0 Å². The Morgan fingerprint density at radius 2 is 1.42 bits per heavy atom. The van der Waals surface area contributed by atoms with Crippen LogP contribution in [-0.2, 0) is 0 Å². The molecule has 3 aliphatic rings. The summed E-state index contributed by atoms with van der Waals surface area (Å²) in [6.45, 7) is 17.4. The van der Waals surface area contributed by atoms with E-state index >= 15 is 0 Å². The van der Waals surface area contributed by atoms with Crippen molar-refractivity contribution in [3.05, 3.63) is 13.1 Å². The maximum absolute atomic E-state index is 2.53. The van der Waals surface area contributed by atoms with Crippen molar-refractivity contribution in [1.29, 1.82) is 0 Å². The van der Waals surface area contributed by atoms with Crippen molar-refractivity contribution >= 4 is 0 Å². The fourth-order valence-corrected chi connectivity index (χ4v) is 5.14. The molecule has 0 aromatic rings. The Hall–Kier alpha value is 5.38. The molecular weight excluding hydrogens is 535 g/mol. The van der Waals surface area contributed by atoms with Crippen LogP contribution < -0.4 is 175 Å². The normalized spacial score (nSPS) is 31.6. The van der Waals surface area contributed by atoms with E-state index in [4.69, 9.17) is 0 Å². The SMILES string of the molecule is CC.CCC1C[CH-]N(CC2CC3(CCC(C(C)C)CC3)C2)[CH-]C1.[Rb+].[Rb+].[Rb+]. The van der Waals surface area contributed by atoms with Gasteiger partial charge in [-0.2, -0.15) is 12.8 Å². The van der Waals surface area contributed by atoms with E-state index in [0.29, 0.717) is 0 Å². The zero-order chi connectivity index (χ0) is 16.9. The van der Waals surface area contributed by atoms with Crippen LogP contribution in [0.3, 0.4) is 0 Å². The van der Waals surface area contributed by atoms with Gasteiger partial charge in [0.15, 0.2) is 0 Å². The van der Waals surface area contributed by atoms with Crippen molar-refractivity contribution < 1.29 is 175 Å². The van der Waals surface area contributed by atoms with E-state index in [0.717, 1.165) is 29.1 Å². The largest absolute Gasteiger partial charge is 1.00 e. The van der Waals surface area contributed by atoms with Crippen LogP contribution in [0, 0.1) is 42.2 Å². The first-order chi connectivity index (χ1) is 11.1. The van der Waals surface area contributed by atoms with Gasteiger partial charge in [0.1, 0.15) is 0 Å². The molecule has 0 unspecified atom stereocenters. The molecule has 3 rings (SSSR count). The summed E-state index contributed by atoms with van der Waals surface area (Å²) >= 11 is 0. The topological polar surface area (TPSA) is 3.24 Å². The third-order valence-electron chi connectivity index (χ3n) is 6.87. The van der Waals surface area contributed by atoms with Crippen molar-refractivity contribution in [1.82, 2.24) is 4.90 Å². The molecule has 1 nitrogen and oxygen atoms in total. The van der Waals surface area contributed by atoms with Crippen LogP contribution >= 0.6 is 0 Å². The van der Waals surface area contributed by atoms with E-state index in [1.807, 2.05) is 13.8 Å². The predicted molar refractivity (Wildman–Crippen MR) is 102 cm³/mol. The van der Waals surface area contributed by atoms with E-state index < -0.39 is 0 Å². The molecule has 0 aromatic heterocycles. The van der Waals surface area contributed by atoms with E-state index in [-0.39, 0.29) is 175 Å². The molecule has 0 atom stereocenters. The molecule has 136 valence electrons. The van der Waals surface area contributed by atoms with Crippen LogP contribution in [0.15, 0.2) is 0 Å². The summed E-state index contributed by atoms with van der Waals surface area (Å²) in [4.78, 5) is 2.53. The van der Waals surface area contributed by atoms with Gasteiger partial charge in [-0.05, 0) is 61.7 Å².